The number of carboxylic acid groups (broad SMARTS) is 1. The van der Waals surface area contributed by atoms with Crippen molar-refractivity contribution in [2.45, 2.75) is 44.6 Å². The zero-order valence-electron chi connectivity index (χ0n) is 20.1. The molecule has 6 nitrogen and oxygen atoms in total. The number of halogens is 3. The minimum atomic E-state index is -4.50. The summed E-state index contributed by atoms with van der Waals surface area (Å²) in [6.07, 6.45) is -3.83. The van der Waals surface area contributed by atoms with Crippen LogP contribution in [0.4, 0.5) is 18.0 Å². The molecule has 3 aromatic rings. The maximum atomic E-state index is 13.2. The van der Waals surface area contributed by atoms with Gasteiger partial charge in [-0.3, -0.25) is 4.79 Å². The molecule has 0 aromatic heterocycles. The van der Waals surface area contributed by atoms with E-state index >= 15 is 0 Å². The molecule has 1 saturated carbocycles. The summed E-state index contributed by atoms with van der Waals surface area (Å²) < 4.78 is 50.5. The number of benzene rings is 3. The SMILES string of the molecule is COc1ccc(CC(=O)O)c(CN(C(=O)OCc2ccccc2)C2CC2)c1-c1ccc(C(F)(F)F)cc1. The summed E-state index contributed by atoms with van der Waals surface area (Å²) in [5.41, 5.74) is 1.80. The Morgan fingerprint density at radius 2 is 1.68 bits per heavy atom. The summed E-state index contributed by atoms with van der Waals surface area (Å²) in [4.78, 5) is 26.3. The zero-order valence-corrected chi connectivity index (χ0v) is 20.1. The van der Waals surface area contributed by atoms with Crippen LogP contribution in [-0.2, 0) is 35.3 Å². The van der Waals surface area contributed by atoms with Crippen molar-refractivity contribution in [1.29, 1.82) is 0 Å². The fourth-order valence-corrected chi connectivity index (χ4v) is 4.19. The molecule has 1 amide bonds. The highest BCUT2D eigenvalue weighted by atomic mass is 19.4. The summed E-state index contributed by atoms with van der Waals surface area (Å²) in [6, 6.07) is 16.9. The Bertz CT molecular complexity index is 1260. The van der Waals surface area contributed by atoms with Crippen molar-refractivity contribution in [2.24, 2.45) is 0 Å². The predicted molar refractivity (Wildman–Crippen MR) is 130 cm³/mol. The molecular weight excluding hydrogens is 487 g/mol. The van der Waals surface area contributed by atoms with E-state index in [0.29, 0.717) is 28.0 Å². The first-order valence-electron chi connectivity index (χ1n) is 11.7. The molecular formula is C28H26F3NO5. The van der Waals surface area contributed by atoms with E-state index in [-0.39, 0.29) is 25.6 Å². The molecule has 1 aliphatic carbocycles. The van der Waals surface area contributed by atoms with Crippen LogP contribution >= 0.6 is 0 Å². The second-order valence-corrected chi connectivity index (χ2v) is 8.83. The summed E-state index contributed by atoms with van der Waals surface area (Å²) in [6.45, 7) is 0.100. The third-order valence-electron chi connectivity index (χ3n) is 6.19. The molecule has 0 radical (unpaired) electrons. The number of methoxy groups -OCH3 is 1. The van der Waals surface area contributed by atoms with E-state index in [4.69, 9.17) is 9.47 Å². The van der Waals surface area contributed by atoms with E-state index < -0.39 is 23.8 Å². The first kappa shape index (κ1) is 26.1. The lowest BCUT2D eigenvalue weighted by atomic mass is 9.92. The van der Waals surface area contributed by atoms with Crippen molar-refractivity contribution in [3.05, 3.63) is 89.0 Å². The van der Waals surface area contributed by atoms with Gasteiger partial charge in [-0.05, 0) is 53.3 Å². The minimum absolute atomic E-state index is 0.0223. The van der Waals surface area contributed by atoms with Crippen molar-refractivity contribution in [2.75, 3.05) is 7.11 Å². The molecule has 0 aliphatic heterocycles. The third-order valence-corrected chi connectivity index (χ3v) is 6.19. The number of ether oxygens (including phenoxy) is 2. The minimum Gasteiger partial charge on any atom is -0.496 e. The highest BCUT2D eigenvalue weighted by Crippen LogP contribution is 2.40. The monoisotopic (exact) mass is 513 g/mol. The maximum absolute atomic E-state index is 13.2. The number of aliphatic carboxylic acids is 1. The second-order valence-electron chi connectivity index (χ2n) is 8.83. The van der Waals surface area contributed by atoms with Gasteiger partial charge in [-0.25, -0.2) is 4.79 Å². The molecule has 0 unspecified atom stereocenters. The van der Waals surface area contributed by atoms with Crippen LogP contribution in [0.15, 0.2) is 66.7 Å². The lowest BCUT2D eigenvalue weighted by Gasteiger charge is -2.26. The number of carbonyl (C=O) groups excluding carboxylic acids is 1. The summed E-state index contributed by atoms with van der Waals surface area (Å²) in [5.74, 6) is -0.716. The molecule has 1 fully saturated rings. The topological polar surface area (TPSA) is 76.1 Å². The van der Waals surface area contributed by atoms with Crippen molar-refractivity contribution in [3.63, 3.8) is 0 Å². The molecule has 194 valence electrons. The standard InChI is InChI=1S/C28H26F3NO5/c1-36-24-14-9-20(15-25(33)34)23(26(24)19-7-10-21(11-8-19)28(29,30)31)16-32(22-12-13-22)27(35)37-17-18-5-3-2-4-6-18/h2-11,14,22H,12-13,15-17H2,1H3,(H,33,34). The van der Waals surface area contributed by atoms with Crippen molar-refractivity contribution < 1.29 is 37.3 Å². The van der Waals surface area contributed by atoms with E-state index in [1.165, 1.54) is 19.2 Å². The molecule has 1 aliphatic rings. The second kappa shape index (κ2) is 10.9. The lowest BCUT2D eigenvalue weighted by molar-refractivity contribution is -0.138. The first-order valence-corrected chi connectivity index (χ1v) is 11.7. The van der Waals surface area contributed by atoms with Gasteiger partial charge in [-0.2, -0.15) is 13.2 Å². The maximum Gasteiger partial charge on any atom is 0.416 e. The first-order chi connectivity index (χ1) is 17.7. The molecule has 0 saturated heterocycles. The van der Waals surface area contributed by atoms with Gasteiger partial charge >= 0.3 is 18.2 Å². The molecule has 0 heterocycles. The average molecular weight is 514 g/mol. The van der Waals surface area contributed by atoms with Crippen LogP contribution in [0.5, 0.6) is 5.75 Å². The van der Waals surface area contributed by atoms with E-state index in [9.17, 15) is 27.9 Å². The zero-order chi connectivity index (χ0) is 26.6. The molecule has 3 aromatic carbocycles. The van der Waals surface area contributed by atoms with Crippen molar-refractivity contribution >= 4 is 12.1 Å². The number of carboxylic acids is 1. The number of amides is 1. The Balaban J connectivity index is 1.72. The van der Waals surface area contributed by atoms with Gasteiger partial charge < -0.3 is 19.5 Å². The number of hydrogen-bond acceptors (Lipinski definition) is 4. The number of rotatable bonds is 9. The normalized spacial score (nSPS) is 13.2. The van der Waals surface area contributed by atoms with Gasteiger partial charge in [0.25, 0.3) is 0 Å². The highest BCUT2D eigenvalue weighted by molar-refractivity contribution is 5.79. The Hall–Kier alpha value is -4.01. The van der Waals surface area contributed by atoms with Gasteiger partial charge in [0.15, 0.2) is 0 Å². The Morgan fingerprint density at radius 3 is 2.24 bits per heavy atom. The van der Waals surface area contributed by atoms with E-state index in [1.807, 2.05) is 30.3 Å². The average Bonchev–Trinajstić information content (AvgIpc) is 3.71. The van der Waals surface area contributed by atoms with Gasteiger partial charge in [-0.15, -0.1) is 0 Å². The molecule has 0 atom stereocenters. The summed E-state index contributed by atoms with van der Waals surface area (Å²) >= 11 is 0. The molecule has 37 heavy (non-hydrogen) atoms. The van der Waals surface area contributed by atoms with E-state index in [2.05, 4.69) is 0 Å². The Labute approximate surface area is 212 Å². The number of carbonyl (C=O) groups is 2. The lowest BCUT2D eigenvalue weighted by Crippen LogP contribution is -2.33. The smallest absolute Gasteiger partial charge is 0.416 e. The molecule has 0 bridgehead atoms. The van der Waals surface area contributed by atoms with Crippen LogP contribution < -0.4 is 4.74 Å². The summed E-state index contributed by atoms with van der Waals surface area (Å²) in [7, 11) is 1.43. The fourth-order valence-electron chi connectivity index (χ4n) is 4.19. The predicted octanol–water partition coefficient (Wildman–Crippen LogP) is 6.31. The van der Waals surface area contributed by atoms with Gasteiger partial charge in [0.05, 0.1) is 25.6 Å². The molecule has 0 spiro atoms. The van der Waals surface area contributed by atoms with Crippen LogP contribution in [0.25, 0.3) is 11.1 Å². The van der Waals surface area contributed by atoms with Crippen LogP contribution in [0, 0.1) is 0 Å². The number of hydrogen-bond donors (Lipinski definition) is 1. The Kier molecular flexibility index (Phi) is 7.71. The quantitative estimate of drug-likeness (QED) is 0.363. The van der Waals surface area contributed by atoms with Crippen molar-refractivity contribution in [3.8, 4) is 16.9 Å². The Morgan fingerprint density at radius 1 is 1.00 bits per heavy atom. The summed E-state index contributed by atoms with van der Waals surface area (Å²) in [5, 5.41) is 9.52. The van der Waals surface area contributed by atoms with Crippen molar-refractivity contribution in [1.82, 2.24) is 4.90 Å². The van der Waals surface area contributed by atoms with Gasteiger partial charge in [-0.1, -0.05) is 48.5 Å². The number of alkyl halides is 3. The molecule has 9 heteroatoms. The molecule has 1 N–H and O–H groups in total. The largest absolute Gasteiger partial charge is 0.496 e. The van der Waals surface area contributed by atoms with Gasteiger partial charge in [0.2, 0.25) is 0 Å². The van der Waals surface area contributed by atoms with Crippen LogP contribution in [-0.4, -0.2) is 35.2 Å². The van der Waals surface area contributed by atoms with E-state index in [0.717, 1.165) is 30.5 Å². The van der Waals surface area contributed by atoms with Gasteiger partial charge in [0, 0.05) is 11.6 Å². The third kappa shape index (κ3) is 6.41. The van der Waals surface area contributed by atoms with Crippen LogP contribution in [0.1, 0.15) is 35.1 Å². The van der Waals surface area contributed by atoms with Crippen LogP contribution in [0.3, 0.4) is 0 Å². The number of nitrogens with zero attached hydrogens (tertiary/aromatic N) is 1. The highest BCUT2D eigenvalue weighted by Gasteiger charge is 2.35. The van der Waals surface area contributed by atoms with Gasteiger partial charge in [0.1, 0.15) is 12.4 Å². The molecule has 4 rings (SSSR count). The van der Waals surface area contributed by atoms with E-state index in [1.54, 1.807) is 17.0 Å². The van der Waals surface area contributed by atoms with Crippen LogP contribution in [0.2, 0.25) is 0 Å². The fraction of sp³-hybridized carbons (Fsp3) is 0.286.